The van der Waals surface area contributed by atoms with Crippen LogP contribution in [0, 0.1) is 0 Å². The lowest BCUT2D eigenvalue weighted by Crippen LogP contribution is -2.49. The number of ether oxygens (including phenoxy) is 2. The third-order valence-corrected chi connectivity index (χ3v) is 4.90. The molecule has 1 atom stereocenters. The van der Waals surface area contributed by atoms with E-state index >= 15 is 0 Å². The van der Waals surface area contributed by atoms with Crippen LogP contribution in [0.3, 0.4) is 0 Å². The van der Waals surface area contributed by atoms with E-state index < -0.39 is 0 Å². The highest BCUT2D eigenvalue weighted by Gasteiger charge is 2.28. The van der Waals surface area contributed by atoms with E-state index in [0.717, 1.165) is 25.5 Å². The first-order valence-corrected chi connectivity index (χ1v) is 9.04. The molecule has 0 spiro atoms. The summed E-state index contributed by atoms with van der Waals surface area (Å²) in [6.45, 7) is 2.57. The molecule has 0 radical (unpaired) electrons. The molecule has 146 valence electrons. The SMILES string of the molecule is COc1cc(NC(=O)CN2CCNCC2c2nccn2C)c(OC)cc1Cl. The second kappa shape index (κ2) is 8.60. The van der Waals surface area contributed by atoms with Crippen molar-refractivity contribution >= 4 is 23.2 Å². The second-order valence-electron chi connectivity index (χ2n) is 6.32. The normalized spacial score (nSPS) is 17.6. The number of halogens is 1. The van der Waals surface area contributed by atoms with Crippen molar-refractivity contribution in [3.05, 3.63) is 35.4 Å². The van der Waals surface area contributed by atoms with Gasteiger partial charge in [-0.2, -0.15) is 0 Å². The van der Waals surface area contributed by atoms with Crippen molar-refractivity contribution in [2.24, 2.45) is 7.05 Å². The number of amides is 1. The van der Waals surface area contributed by atoms with Crippen LogP contribution in [0.15, 0.2) is 24.5 Å². The van der Waals surface area contributed by atoms with Crippen LogP contribution in [-0.4, -0.2) is 60.8 Å². The fourth-order valence-corrected chi connectivity index (χ4v) is 3.45. The monoisotopic (exact) mass is 393 g/mol. The van der Waals surface area contributed by atoms with Crippen molar-refractivity contribution < 1.29 is 14.3 Å². The first kappa shape index (κ1) is 19.5. The predicted octanol–water partition coefficient (Wildman–Crippen LogP) is 1.68. The number of carbonyl (C=O) groups excluding carboxylic acids is 1. The molecule has 9 heteroatoms. The van der Waals surface area contributed by atoms with Gasteiger partial charge in [-0.15, -0.1) is 0 Å². The Morgan fingerprint density at radius 3 is 2.81 bits per heavy atom. The van der Waals surface area contributed by atoms with Gasteiger partial charge in [0.15, 0.2) is 0 Å². The summed E-state index contributed by atoms with van der Waals surface area (Å²) in [5.41, 5.74) is 0.521. The molecule has 0 saturated carbocycles. The first-order valence-electron chi connectivity index (χ1n) is 8.66. The zero-order chi connectivity index (χ0) is 19.4. The molecule has 1 aromatic carbocycles. The van der Waals surface area contributed by atoms with Crippen molar-refractivity contribution in [3.8, 4) is 11.5 Å². The summed E-state index contributed by atoms with van der Waals surface area (Å²) in [5.74, 6) is 1.75. The average molecular weight is 394 g/mol. The van der Waals surface area contributed by atoms with Gasteiger partial charge >= 0.3 is 0 Å². The first-order chi connectivity index (χ1) is 13.0. The van der Waals surface area contributed by atoms with Gasteiger partial charge in [-0.1, -0.05) is 11.6 Å². The van der Waals surface area contributed by atoms with Crippen LogP contribution in [0.25, 0.3) is 0 Å². The summed E-state index contributed by atoms with van der Waals surface area (Å²) in [4.78, 5) is 19.3. The van der Waals surface area contributed by atoms with Gasteiger partial charge in [-0.25, -0.2) is 4.98 Å². The molecule has 1 aromatic heterocycles. The molecule has 0 aliphatic carbocycles. The van der Waals surface area contributed by atoms with Crippen LogP contribution in [0.5, 0.6) is 11.5 Å². The van der Waals surface area contributed by atoms with Crippen molar-refractivity contribution in [1.82, 2.24) is 19.8 Å². The largest absolute Gasteiger partial charge is 0.495 e. The number of rotatable bonds is 6. The van der Waals surface area contributed by atoms with E-state index in [0.29, 0.717) is 22.2 Å². The summed E-state index contributed by atoms with van der Waals surface area (Å²) in [6.07, 6.45) is 3.68. The molecular weight excluding hydrogens is 370 g/mol. The fourth-order valence-electron chi connectivity index (χ4n) is 3.22. The molecule has 1 unspecified atom stereocenters. The summed E-state index contributed by atoms with van der Waals surface area (Å²) in [5, 5.41) is 6.68. The lowest BCUT2D eigenvalue weighted by Gasteiger charge is -2.35. The van der Waals surface area contributed by atoms with Crippen LogP contribution in [-0.2, 0) is 11.8 Å². The van der Waals surface area contributed by atoms with Gasteiger partial charge < -0.3 is 24.7 Å². The maximum Gasteiger partial charge on any atom is 0.238 e. The Kier molecular flexibility index (Phi) is 6.20. The number of anilines is 1. The number of hydrogen-bond donors (Lipinski definition) is 2. The molecule has 1 aliphatic rings. The number of hydrogen-bond acceptors (Lipinski definition) is 6. The highest BCUT2D eigenvalue weighted by atomic mass is 35.5. The minimum atomic E-state index is -0.140. The number of imidazole rings is 1. The van der Waals surface area contributed by atoms with Gasteiger partial charge in [0.25, 0.3) is 0 Å². The Bertz CT molecular complexity index is 810. The standard InChI is InChI=1S/C18H24ClN5O3/c1-23-6-5-21-18(23)14-10-20-4-7-24(14)11-17(25)22-13-9-15(26-2)12(19)8-16(13)27-3/h5-6,8-9,14,20H,4,7,10-11H2,1-3H3,(H,22,25). The molecule has 2 aromatic rings. The molecule has 1 saturated heterocycles. The highest BCUT2D eigenvalue weighted by Crippen LogP contribution is 2.35. The third-order valence-electron chi connectivity index (χ3n) is 4.61. The zero-order valence-electron chi connectivity index (χ0n) is 15.7. The number of benzene rings is 1. The Labute approximate surface area is 163 Å². The molecule has 1 aliphatic heterocycles. The van der Waals surface area contributed by atoms with Crippen molar-refractivity contribution in [1.29, 1.82) is 0 Å². The number of aromatic nitrogens is 2. The molecule has 2 N–H and O–H groups in total. The van der Waals surface area contributed by atoms with Gasteiger partial charge in [0, 0.05) is 51.2 Å². The molecule has 3 rings (SSSR count). The maximum absolute atomic E-state index is 12.7. The smallest absolute Gasteiger partial charge is 0.238 e. The molecule has 8 nitrogen and oxygen atoms in total. The summed E-state index contributed by atoms with van der Waals surface area (Å²) in [6, 6.07) is 3.32. The zero-order valence-corrected chi connectivity index (χ0v) is 16.4. The second-order valence-corrected chi connectivity index (χ2v) is 6.73. The highest BCUT2D eigenvalue weighted by molar-refractivity contribution is 6.32. The van der Waals surface area contributed by atoms with Crippen LogP contribution in [0.1, 0.15) is 11.9 Å². The summed E-state index contributed by atoms with van der Waals surface area (Å²) >= 11 is 6.12. The Hall–Kier alpha value is -2.29. The molecule has 2 heterocycles. The number of methoxy groups -OCH3 is 2. The van der Waals surface area contributed by atoms with Crippen LogP contribution < -0.4 is 20.1 Å². The van der Waals surface area contributed by atoms with E-state index in [9.17, 15) is 4.79 Å². The maximum atomic E-state index is 12.7. The molecule has 1 fully saturated rings. The molecule has 1 amide bonds. The molecule has 27 heavy (non-hydrogen) atoms. The average Bonchev–Trinajstić information content (AvgIpc) is 3.09. The summed E-state index contributed by atoms with van der Waals surface area (Å²) in [7, 11) is 5.01. The van der Waals surface area contributed by atoms with Gasteiger partial charge in [0.2, 0.25) is 5.91 Å². The number of nitrogens with zero attached hydrogens (tertiary/aromatic N) is 3. The van der Waals surface area contributed by atoms with Crippen molar-refractivity contribution in [2.75, 3.05) is 45.7 Å². The lowest BCUT2D eigenvalue weighted by molar-refractivity contribution is -0.118. The van der Waals surface area contributed by atoms with E-state index in [4.69, 9.17) is 21.1 Å². The number of aryl methyl sites for hydroxylation is 1. The number of piperazine rings is 1. The Morgan fingerprint density at radius 1 is 1.37 bits per heavy atom. The summed E-state index contributed by atoms with van der Waals surface area (Å²) < 4.78 is 12.5. The quantitative estimate of drug-likeness (QED) is 0.777. The van der Waals surface area contributed by atoms with Gasteiger partial charge in [0.05, 0.1) is 37.5 Å². The van der Waals surface area contributed by atoms with Crippen molar-refractivity contribution in [2.45, 2.75) is 6.04 Å². The van der Waals surface area contributed by atoms with E-state index in [1.165, 1.54) is 14.2 Å². The Morgan fingerprint density at radius 2 is 2.15 bits per heavy atom. The molecular formula is C18H24ClN5O3. The minimum absolute atomic E-state index is 0.0335. The van der Waals surface area contributed by atoms with E-state index in [1.807, 2.05) is 17.8 Å². The minimum Gasteiger partial charge on any atom is -0.495 e. The van der Waals surface area contributed by atoms with Crippen LogP contribution >= 0.6 is 11.6 Å². The van der Waals surface area contributed by atoms with Gasteiger partial charge in [0.1, 0.15) is 17.3 Å². The lowest BCUT2D eigenvalue weighted by atomic mass is 10.1. The molecule has 0 bridgehead atoms. The predicted molar refractivity (Wildman–Crippen MR) is 104 cm³/mol. The number of carbonyl (C=O) groups is 1. The van der Waals surface area contributed by atoms with E-state index in [-0.39, 0.29) is 18.5 Å². The topological polar surface area (TPSA) is 80.7 Å². The van der Waals surface area contributed by atoms with E-state index in [2.05, 4.69) is 20.5 Å². The van der Waals surface area contributed by atoms with Crippen molar-refractivity contribution in [3.63, 3.8) is 0 Å². The van der Waals surface area contributed by atoms with E-state index in [1.54, 1.807) is 18.3 Å². The fraction of sp³-hybridized carbons (Fsp3) is 0.444. The van der Waals surface area contributed by atoms with Gasteiger partial charge in [-0.3, -0.25) is 9.69 Å². The Balaban J connectivity index is 1.74. The third kappa shape index (κ3) is 4.35. The van der Waals surface area contributed by atoms with Crippen LogP contribution in [0.2, 0.25) is 5.02 Å². The van der Waals surface area contributed by atoms with Gasteiger partial charge in [-0.05, 0) is 0 Å². The van der Waals surface area contributed by atoms with Crippen LogP contribution in [0.4, 0.5) is 5.69 Å². The number of nitrogens with one attached hydrogen (secondary N) is 2.